The number of nitrogens with zero attached hydrogens (tertiary/aromatic N) is 2. The first-order valence-electron chi connectivity index (χ1n) is 9.49. The Balaban J connectivity index is 1.41. The summed E-state index contributed by atoms with van der Waals surface area (Å²) in [5.41, 5.74) is 3.64. The van der Waals surface area contributed by atoms with Crippen LogP contribution in [0.3, 0.4) is 0 Å². The predicted octanol–water partition coefficient (Wildman–Crippen LogP) is 4.49. The number of rotatable bonds is 5. The molecule has 0 unspecified atom stereocenters. The molecule has 0 radical (unpaired) electrons. The first-order chi connectivity index (χ1) is 13.7. The first kappa shape index (κ1) is 18.3. The molecule has 1 atom stereocenters. The van der Waals surface area contributed by atoms with Gasteiger partial charge in [-0.05, 0) is 72.5 Å². The monoisotopic (exact) mass is 375 g/mol. The second-order valence-corrected chi connectivity index (χ2v) is 7.06. The standard InChI is InChI=1S/C23H22FN3O/c24-20-4-1-3-19(15-20)18-6-8-21(9-7-18)26-23(28)22-5-2-14-27(22)16-17-10-12-25-13-11-17/h1,3-4,6-13,15,22H,2,5,14,16H2,(H,26,28)/t22-/m1/s1. The quantitative estimate of drug-likeness (QED) is 0.715. The summed E-state index contributed by atoms with van der Waals surface area (Å²) in [5, 5.41) is 3.02. The Bertz CT molecular complexity index is 944. The number of aromatic nitrogens is 1. The lowest BCUT2D eigenvalue weighted by atomic mass is 10.1. The lowest BCUT2D eigenvalue weighted by Crippen LogP contribution is -2.39. The average Bonchev–Trinajstić information content (AvgIpc) is 3.17. The third-order valence-electron chi connectivity index (χ3n) is 5.11. The molecule has 1 N–H and O–H groups in total. The molecule has 28 heavy (non-hydrogen) atoms. The second kappa shape index (κ2) is 8.31. The maximum atomic E-state index is 13.4. The van der Waals surface area contributed by atoms with Crippen molar-refractivity contribution in [1.82, 2.24) is 9.88 Å². The lowest BCUT2D eigenvalue weighted by molar-refractivity contribution is -0.120. The Morgan fingerprint density at radius 1 is 1.07 bits per heavy atom. The number of carbonyl (C=O) groups is 1. The van der Waals surface area contributed by atoms with Crippen LogP contribution in [0, 0.1) is 5.82 Å². The van der Waals surface area contributed by atoms with E-state index in [2.05, 4.69) is 15.2 Å². The molecular weight excluding hydrogens is 353 g/mol. The van der Waals surface area contributed by atoms with Crippen molar-refractivity contribution >= 4 is 11.6 Å². The van der Waals surface area contributed by atoms with Gasteiger partial charge in [-0.15, -0.1) is 0 Å². The molecule has 1 amide bonds. The third kappa shape index (κ3) is 4.26. The number of hydrogen-bond donors (Lipinski definition) is 1. The molecule has 1 fully saturated rings. The van der Waals surface area contributed by atoms with Crippen LogP contribution in [0.4, 0.5) is 10.1 Å². The summed E-state index contributed by atoms with van der Waals surface area (Å²) >= 11 is 0. The van der Waals surface area contributed by atoms with E-state index in [1.54, 1.807) is 18.5 Å². The van der Waals surface area contributed by atoms with Gasteiger partial charge in [0.05, 0.1) is 6.04 Å². The highest BCUT2D eigenvalue weighted by Gasteiger charge is 2.30. The third-order valence-corrected chi connectivity index (χ3v) is 5.11. The van der Waals surface area contributed by atoms with E-state index in [-0.39, 0.29) is 17.8 Å². The Morgan fingerprint density at radius 2 is 1.86 bits per heavy atom. The molecule has 142 valence electrons. The molecule has 1 aliphatic heterocycles. The largest absolute Gasteiger partial charge is 0.325 e. The summed E-state index contributed by atoms with van der Waals surface area (Å²) in [4.78, 5) is 19.1. The van der Waals surface area contributed by atoms with E-state index in [4.69, 9.17) is 0 Å². The van der Waals surface area contributed by atoms with Gasteiger partial charge in [-0.3, -0.25) is 14.7 Å². The van der Waals surface area contributed by atoms with Crippen molar-refractivity contribution in [2.45, 2.75) is 25.4 Å². The normalized spacial score (nSPS) is 16.8. The molecule has 1 aliphatic rings. The molecule has 1 aromatic heterocycles. The number of halogens is 1. The zero-order chi connectivity index (χ0) is 19.3. The van der Waals surface area contributed by atoms with Gasteiger partial charge in [0.1, 0.15) is 5.82 Å². The van der Waals surface area contributed by atoms with Crippen LogP contribution in [-0.4, -0.2) is 28.4 Å². The van der Waals surface area contributed by atoms with Crippen LogP contribution in [-0.2, 0) is 11.3 Å². The highest BCUT2D eigenvalue weighted by molar-refractivity contribution is 5.95. The number of carbonyl (C=O) groups excluding carboxylic acids is 1. The Hall–Kier alpha value is -3.05. The van der Waals surface area contributed by atoms with Crippen LogP contribution in [0.25, 0.3) is 11.1 Å². The summed E-state index contributed by atoms with van der Waals surface area (Å²) in [5.74, 6) is -0.240. The van der Waals surface area contributed by atoms with E-state index in [0.29, 0.717) is 0 Å². The number of anilines is 1. The van der Waals surface area contributed by atoms with Crippen molar-refractivity contribution in [3.8, 4) is 11.1 Å². The lowest BCUT2D eigenvalue weighted by Gasteiger charge is -2.23. The molecule has 4 nitrogen and oxygen atoms in total. The van der Waals surface area contributed by atoms with Crippen LogP contribution in [0.5, 0.6) is 0 Å². The van der Waals surface area contributed by atoms with Crippen molar-refractivity contribution in [3.05, 3.63) is 84.4 Å². The number of pyridine rings is 1. The van der Waals surface area contributed by atoms with Crippen molar-refractivity contribution in [2.75, 3.05) is 11.9 Å². The molecule has 0 bridgehead atoms. The zero-order valence-electron chi connectivity index (χ0n) is 15.5. The maximum absolute atomic E-state index is 13.4. The number of hydrogen-bond acceptors (Lipinski definition) is 3. The summed E-state index contributed by atoms with van der Waals surface area (Å²) < 4.78 is 13.4. The second-order valence-electron chi connectivity index (χ2n) is 7.06. The van der Waals surface area contributed by atoms with Crippen molar-refractivity contribution in [1.29, 1.82) is 0 Å². The van der Waals surface area contributed by atoms with Gasteiger partial charge in [-0.2, -0.15) is 0 Å². The van der Waals surface area contributed by atoms with Gasteiger partial charge in [-0.25, -0.2) is 4.39 Å². The summed E-state index contributed by atoms with van der Waals surface area (Å²) in [6, 6.07) is 17.8. The highest BCUT2D eigenvalue weighted by atomic mass is 19.1. The smallest absolute Gasteiger partial charge is 0.241 e. The van der Waals surface area contributed by atoms with Gasteiger partial charge in [0.15, 0.2) is 0 Å². The van der Waals surface area contributed by atoms with E-state index in [0.717, 1.165) is 48.3 Å². The molecule has 3 aromatic rings. The molecular formula is C23H22FN3O. The minimum absolute atomic E-state index is 0.0186. The van der Waals surface area contributed by atoms with Gasteiger partial charge in [0.2, 0.25) is 5.91 Å². The predicted molar refractivity (Wildman–Crippen MR) is 108 cm³/mol. The first-order valence-corrected chi connectivity index (χ1v) is 9.49. The summed E-state index contributed by atoms with van der Waals surface area (Å²) in [6.07, 6.45) is 5.43. The fourth-order valence-electron chi connectivity index (χ4n) is 3.67. The van der Waals surface area contributed by atoms with Gasteiger partial charge in [0, 0.05) is 24.6 Å². The molecule has 2 aromatic carbocycles. The SMILES string of the molecule is O=C(Nc1ccc(-c2cccc(F)c2)cc1)[C@H]1CCCN1Cc1ccncc1. The van der Waals surface area contributed by atoms with Gasteiger partial charge in [0.25, 0.3) is 0 Å². The van der Waals surface area contributed by atoms with Crippen molar-refractivity contribution < 1.29 is 9.18 Å². The van der Waals surface area contributed by atoms with E-state index < -0.39 is 0 Å². The van der Waals surface area contributed by atoms with Gasteiger partial charge >= 0.3 is 0 Å². The van der Waals surface area contributed by atoms with E-state index in [1.165, 1.54) is 12.1 Å². The number of likely N-dealkylation sites (tertiary alicyclic amines) is 1. The Kier molecular flexibility index (Phi) is 5.44. The Labute approximate surface area is 164 Å². The minimum atomic E-state index is -0.259. The average molecular weight is 375 g/mol. The number of nitrogens with one attached hydrogen (secondary N) is 1. The van der Waals surface area contributed by atoms with Gasteiger partial charge in [-0.1, -0.05) is 24.3 Å². The fraction of sp³-hybridized carbons (Fsp3) is 0.217. The number of amides is 1. The van der Waals surface area contributed by atoms with Crippen LogP contribution >= 0.6 is 0 Å². The topological polar surface area (TPSA) is 45.2 Å². The van der Waals surface area contributed by atoms with E-state index in [9.17, 15) is 9.18 Å². The van der Waals surface area contributed by atoms with Crippen LogP contribution in [0.1, 0.15) is 18.4 Å². The molecule has 2 heterocycles. The fourth-order valence-corrected chi connectivity index (χ4v) is 3.67. The molecule has 4 rings (SSSR count). The van der Waals surface area contributed by atoms with Crippen molar-refractivity contribution in [3.63, 3.8) is 0 Å². The highest BCUT2D eigenvalue weighted by Crippen LogP contribution is 2.24. The molecule has 0 spiro atoms. The maximum Gasteiger partial charge on any atom is 0.241 e. The van der Waals surface area contributed by atoms with E-state index in [1.807, 2.05) is 42.5 Å². The molecule has 5 heteroatoms. The molecule has 0 saturated carbocycles. The van der Waals surface area contributed by atoms with Crippen LogP contribution < -0.4 is 5.32 Å². The molecule has 1 saturated heterocycles. The summed E-state index contributed by atoms with van der Waals surface area (Å²) in [6.45, 7) is 1.66. The minimum Gasteiger partial charge on any atom is -0.325 e. The van der Waals surface area contributed by atoms with Crippen LogP contribution in [0.2, 0.25) is 0 Å². The number of benzene rings is 2. The summed E-state index contributed by atoms with van der Waals surface area (Å²) in [7, 11) is 0. The zero-order valence-corrected chi connectivity index (χ0v) is 15.5. The van der Waals surface area contributed by atoms with E-state index >= 15 is 0 Å². The van der Waals surface area contributed by atoms with Gasteiger partial charge < -0.3 is 5.32 Å². The van der Waals surface area contributed by atoms with Crippen LogP contribution in [0.15, 0.2) is 73.1 Å². The van der Waals surface area contributed by atoms with Crippen molar-refractivity contribution in [2.24, 2.45) is 0 Å². The molecule has 0 aliphatic carbocycles. The Morgan fingerprint density at radius 3 is 2.61 bits per heavy atom.